The topological polar surface area (TPSA) is 71.1 Å². The Morgan fingerprint density at radius 1 is 1.14 bits per heavy atom. The monoisotopic (exact) mass is 397 g/mol. The van der Waals surface area contributed by atoms with E-state index < -0.39 is 0 Å². The summed E-state index contributed by atoms with van der Waals surface area (Å²) in [5.74, 6) is 0. The Kier molecular flexibility index (Phi) is 7.08. The fourth-order valence-corrected chi connectivity index (χ4v) is 3.58. The molecule has 0 spiro atoms. The van der Waals surface area contributed by atoms with Crippen molar-refractivity contribution >= 4 is 17.8 Å². The molecule has 3 amide bonds. The fourth-order valence-electron chi connectivity index (χ4n) is 3.58. The number of para-hydroxylation sites is 1. The van der Waals surface area contributed by atoms with E-state index in [1.54, 1.807) is 9.80 Å². The summed E-state index contributed by atoms with van der Waals surface area (Å²) in [4.78, 5) is 33.5. The number of benzene rings is 2. The predicted molar refractivity (Wildman–Crippen MR) is 110 cm³/mol. The molecule has 1 aliphatic heterocycles. The smallest absolute Gasteiger partial charge is 0.410 e. The molecule has 0 aliphatic carbocycles. The van der Waals surface area contributed by atoms with Gasteiger partial charge in [-0.25, -0.2) is 15.1 Å². The Morgan fingerprint density at radius 2 is 1.86 bits per heavy atom. The SMILES string of the molecule is CCCN(C(=O)OCc1ccccc1)[C@@H]1Cc2ccccc2N(C(=O)NOC)C1. The molecule has 3 rings (SSSR count). The summed E-state index contributed by atoms with van der Waals surface area (Å²) in [5.41, 5.74) is 5.15. The van der Waals surface area contributed by atoms with Gasteiger partial charge in [0.15, 0.2) is 0 Å². The van der Waals surface area contributed by atoms with Crippen LogP contribution in [-0.2, 0) is 22.6 Å². The maximum atomic E-state index is 12.9. The van der Waals surface area contributed by atoms with Gasteiger partial charge >= 0.3 is 12.1 Å². The first-order chi connectivity index (χ1) is 14.1. The molecule has 0 radical (unpaired) electrons. The van der Waals surface area contributed by atoms with Crippen LogP contribution in [0.3, 0.4) is 0 Å². The second kappa shape index (κ2) is 9.93. The van der Waals surface area contributed by atoms with Gasteiger partial charge < -0.3 is 9.64 Å². The zero-order valence-electron chi connectivity index (χ0n) is 16.8. The van der Waals surface area contributed by atoms with Gasteiger partial charge in [0.2, 0.25) is 0 Å². The van der Waals surface area contributed by atoms with Gasteiger partial charge in [0, 0.05) is 18.8 Å². The first kappa shape index (κ1) is 20.7. The highest BCUT2D eigenvalue weighted by Crippen LogP contribution is 2.29. The third-order valence-electron chi connectivity index (χ3n) is 4.91. The molecule has 1 atom stereocenters. The number of hydrogen-bond acceptors (Lipinski definition) is 4. The number of anilines is 1. The number of hydrogen-bond donors (Lipinski definition) is 1. The lowest BCUT2D eigenvalue weighted by Crippen LogP contribution is -2.54. The minimum absolute atomic E-state index is 0.185. The van der Waals surface area contributed by atoms with Crippen molar-refractivity contribution in [2.45, 2.75) is 32.4 Å². The molecular weight excluding hydrogens is 370 g/mol. The summed E-state index contributed by atoms with van der Waals surface area (Å²) < 4.78 is 5.57. The molecule has 1 aliphatic rings. The number of amides is 3. The van der Waals surface area contributed by atoms with Crippen LogP contribution in [0.2, 0.25) is 0 Å². The summed E-state index contributed by atoms with van der Waals surface area (Å²) in [6.07, 6.45) is 1.09. The van der Waals surface area contributed by atoms with Crippen LogP contribution in [0.15, 0.2) is 54.6 Å². The Morgan fingerprint density at radius 3 is 2.59 bits per heavy atom. The van der Waals surface area contributed by atoms with Crippen LogP contribution in [-0.4, -0.2) is 43.3 Å². The molecule has 0 unspecified atom stereocenters. The number of carbonyl (C=O) groups is 2. The maximum Gasteiger partial charge on any atom is 0.410 e. The molecule has 154 valence electrons. The standard InChI is InChI=1S/C22H27N3O4/c1-3-13-24(22(27)29-16-17-9-5-4-6-10-17)19-14-18-11-7-8-12-20(18)25(15-19)21(26)23-28-2/h4-12,19H,3,13-16H2,1-2H3,(H,23,26)/t19-/m1/s1. The Balaban J connectivity index is 1.77. The quantitative estimate of drug-likeness (QED) is 0.754. The molecular formula is C22H27N3O4. The van der Waals surface area contributed by atoms with Crippen molar-refractivity contribution < 1.29 is 19.2 Å². The van der Waals surface area contributed by atoms with Gasteiger partial charge in [-0.3, -0.25) is 9.74 Å². The van der Waals surface area contributed by atoms with Gasteiger partial charge in [0.05, 0.1) is 13.2 Å². The minimum Gasteiger partial charge on any atom is -0.445 e. The van der Waals surface area contributed by atoms with E-state index in [1.807, 2.05) is 61.5 Å². The van der Waals surface area contributed by atoms with Gasteiger partial charge in [-0.05, 0) is 30.0 Å². The summed E-state index contributed by atoms with van der Waals surface area (Å²) >= 11 is 0. The van der Waals surface area contributed by atoms with E-state index >= 15 is 0 Å². The summed E-state index contributed by atoms with van der Waals surface area (Å²) in [6.45, 7) is 3.16. The van der Waals surface area contributed by atoms with Gasteiger partial charge in [0.25, 0.3) is 0 Å². The second-order valence-electron chi connectivity index (χ2n) is 6.94. The molecule has 0 saturated heterocycles. The molecule has 7 heteroatoms. The lowest BCUT2D eigenvalue weighted by atomic mass is 9.97. The van der Waals surface area contributed by atoms with E-state index in [0.29, 0.717) is 19.5 Å². The second-order valence-corrected chi connectivity index (χ2v) is 6.94. The number of nitrogens with one attached hydrogen (secondary N) is 1. The fraction of sp³-hybridized carbons (Fsp3) is 0.364. The van der Waals surface area contributed by atoms with Crippen LogP contribution in [0.25, 0.3) is 0 Å². The highest BCUT2D eigenvalue weighted by atomic mass is 16.6. The third-order valence-corrected chi connectivity index (χ3v) is 4.91. The van der Waals surface area contributed by atoms with Gasteiger partial charge in [-0.2, -0.15) is 0 Å². The zero-order chi connectivity index (χ0) is 20.6. The molecule has 1 N–H and O–H groups in total. The Hall–Kier alpha value is -3.06. The van der Waals surface area contributed by atoms with Crippen LogP contribution >= 0.6 is 0 Å². The molecule has 2 aromatic carbocycles. The molecule has 7 nitrogen and oxygen atoms in total. The molecule has 0 bridgehead atoms. The first-order valence-electron chi connectivity index (χ1n) is 9.79. The predicted octanol–water partition coefficient (Wildman–Crippen LogP) is 3.74. The van der Waals surface area contributed by atoms with Crippen LogP contribution in [0, 0.1) is 0 Å². The highest BCUT2D eigenvalue weighted by Gasteiger charge is 2.34. The Bertz CT molecular complexity index is 828. The number of fused-ring (bicyclic) bond motifs is 1. The molecule has 0 fully saturated rings. The van der Waals surface area contributed by atoms with Crippen molar-refractivity contribution in [2.75, 3.05) is 25.1 Å². The minimum atomic E-state index is -0.368. The van der Waals surface area contributed by atoms with Crippen LogP contribution < -0.4 is 10.4 Å². The van der Waals surface area contributed by atoms with Crippen molar-refractivity contribution in [3.8, 4) is 0 Å². The number of nitrogens with zero attached hydrogens (tertiary/aromatic N) is 2. The van der Waals surface area contributed by atoms with E-state index in [9.17, 15) is 9.59 Å². The molecule has 1 heterocycles. The van der Waals surface area contributed by atoms with Crippen molar-refractivity contribution in [3.63, 3.8) is 0 Å². The molecule has 29 heavy (non-hydrogen) atoms. The lowest BCUT2D eigenvalue weighted by molar-refractivity contribution is 0.0790. The van der Waals surface area contributed by atoms with Crippen molar-refractivity contribution in [1.29, 1.82) is 0 Å². The summed E-state index contributed by atoms with van der Waals surface area (Å²) in [6, 6.07) is 16.8. The van der Waals surface area contributed by atoms with E-state index in [1.165, 1.54) is 7.11 Å². The van der Waals surface area contributed by atoms with Gasteiger partial charge in [-0.1, -0.05) is 55.5 Å². The maximum absolute atomic E-state index is 12.9. The third kappa shape index (κ3) is 5.06. The van der Waals surface area contributed by atoms with E-state index in [0.717, 1.165) is 23.2 Å². The van der Waals surface area contributed by atoms with E-state index in [2.05, 4.69) is 5.48 Å². The average molecular weight is 397 g/mol. The summed E-state index contributed by atoms with van der Waals surface area (Å²) in [5, 5.41) is 0. The largest absolute Gasteiger partial charge is 0.445 e. The van der Waals surface area contributed by atoms with Crippen LogP contribution in [0.4, 0.5) is 15.3 Å². The number of hydroxylamine groups is 1. The number of ether oxygens (including phenoxy) is 1. The zero-order valence-corrected chi connectivity index (χ0v) is 16.8. The molecule has 2 aromatic rings. The van der Waals surface area contributed by atoms with Gasteiger partial charge in [-0.15, -0.1) is 0 Å². The Labute approximate surface area is 171 Å². The van der Waals surface area contributed by atoms with Crippen LogP contribution in [0.5, 0.6) is 0 Å². The first-order valence-corrected chi connectivity index (χ1v) is 9.79. The normalized spacial score (nSPS) is 15.4. The lowest BCUT2D eigenvalue weighted by Gasteiger charge is -2.39. The van der Waals surface area contributed by atoms with E-state index in [-0.39, 0.29) is 24.8 Å². The molecule has 0 aromatic heterocycles. The van der Waals surface area contributed by atoms with Crippen molar-refractivity contribution in [2.24, 2.45) is 0 Å². The number of carbonyl (C=O) groups excluding carboxylic acids is 2. The average Bonchev–Trinajstić information content (AvgIpc) is 2.76. The highest BCUT2D eigenvalue weighted by molar-refractivity contribution is 5.93. The van der Waals surface area contributed by atoms with Gasteiger partial charge in [0.1, 0.15) is 6.61 Å². The van der Waals surface area contributed by atoms with Crippen molar-refractivity contribution in [1.82, 2.24) is 10.4 Å². The number of rotatable bonds is 6. The summed E-state index contributed by atoms with van der Waals surface area (Å²) in [7, 11) is 1.40. The molecule has 0 saturated carbocycles. The van der Waals surface area contributed by atoms with Crippen molar-refractivity contribution in [3.05, 3.63) is 65.7 Å². The van der Waals surface area contributed by atoms with E-state index in [4.69, 9.17) is 9.57 Å². The number of urea groups is 1. The van der Waals surface area contributed by atoms with Crippen LogP contribution in [0.1, 0.15) is 24.5 Å².